The Morgan fingerprint density at radius 2 is 1.92 bits per heavy atom. The van der Waals surface area contributed by atoms with Gasteiger partial charge < -0.3 is 4.74 Å². The van der Waals surface area contributed by atoms with Crippen LogP contribution in [0, 0.1) is 13.8 Å². The van der Waals surface area contributed by atoms with Crippen LogP contribution in [0.2, 0.25) is 0 Å². The van der Waals surface area contributed by atoms with Gasteiger partial charge in [0.1, 0.15) is 5.75 Å². The molecule has 0 fully saturated rings. The van der Waals surface area contributed by atoms with E-state index in [0.29, 0.717) is 16.9 Å². The average Bonchev–Trinajstić information content (AvgIpc) is 3.21. The van der Waals surface area contributed by atoms with Gasteiger partial charge >= 0.3 is 0 Å². The van der Waals surface area contributed by atoms with Crippen LogP contribution in [0.3, 0.4) is 0 Å². The molecule has 0 saturated heterocycles. The molecule has 128 valence electrons. The van der Waals surface area contributed by atoms with E-state index < -0.39 is 0 Å². The number of hydrogen-bond acceptors (Lipinski definition) is 5. The van der Waals surface area contributed by atoms with Gasteiger partial charge in [-0.1, -0.05) is 0 Å². The SMILES string of the molecule is CC(=O)c1ccc(OCC(=O)c2cc(C)n(-c3nccs3)c2C)cc1. The topological polar surface area (TPSA) is 61.2 Å². The first kappa shape index (κ1) is 17.1. The summed E-state index contributed by atoms with van der Waals surface area (Å²) in [6.07, 6.45) is 1.74. The van der Waals surface area contributed by atoms with Crippen LogP contribution in [0.15, 0.2) is 41.9 Å². The van der Waals surface area contributed by atoms with Crippen molar-refractivity contribution in [2.24, 2.45) is 0 Å². The predicted molar refractivity (Wildman–Crippen MR) is 97.2 cm³/mol. The second kappa shape index (κ2) is 7.03. The molecule has 6 heteroatoms. The molecule has 0 unspecified atom stereocenters. The Balaban J connectivity index is 1.74. The number of thiazole rings is 1. The summed E-state index contributed by atoms with van der Waals surface area (Å²) in [6.45, 7) is 5.31. The molecular formula is C19H18N2O3S. The van der Waals surface area contributed by atoms with Crippen LogP contribution in [0.25, 0.3) is 5.13 Å². The Morgan fingerprint density at radius 3 is 2.52 bits per heavy atom. The molecule has 0 saturated carbocycles. The standard InChI is InChI=1S/C19H18N2O3S/c1-12-10-17(13(2)21(12)19-20-8-9-25-19)18(23)11-24-16-6-4-15(5-7-16)14(3)22/h4-10H,11H2,1-3H3. The molecule has 3 aromatic rings. The van der Waals surface area contributed by atoms with Crippen LogP contribution in [0.4, 0.5) is 0 Å². The summed E-state index contributed by atoms with van der Waals surface area (Å²) in [6, 6.07) is 8.64. The van der Waals surface area contributed by atoms with Crippen molar-refractivity contribution >= 4 is 22.9 Å². The molecule has 2 heterocycles. The molecular weight excluding hydrogens is 336 g/mol. The number of nitrogens with zero attached hydrogens (tertiary/aromatic N) is 2. The zero-order valence-electron chi connectivity index (χ0n) is 14.3. The monoisotopic (exact) mass is 354 g/mol. The maximum atomic E-state index is 12.5. The lowest BCUT2D eigenvalue weighted by Gasteiger charge is -2.07. The fourth-order valence-electron chi connectivity index (χ4n) is 2.68. The van der Waals surface area contributed by atoms with Gasteiger partial charge in [-0.15, -0.1) is 11.3 Å². The van der Waals surface area contributed by atoms with Gasteiger partial charge in [0.15, 0.2) is 17.5 Å². The summed E-state index contributed by atoms with van der Waals surface area (Å²) in [5.74, 6) is 0.468. The Hall–Kier alpha value is -2.73. The molecule has 0 spiro atoms. The van der Waals surface area contributed by atoms with E-state index in [2.05, 4.69) is 4.98 Å². The number of carbonyl (C=O) groups excluding carboxylic acids is 2. The van der Waals surface area contributed by atoms with Crippen molar-refractivity contribution in [1.29, 1.82) is 0 Å². The highest BCUT2D eigenvalue weighted by Crippen LogP contribution is 2.23. The molecule has 1 aromatic carbocycles. The van der Waals surface area contributed by atoms with E-state index in [-0.39, 0.29) is 18.2 Å². The van der Waals surface area contributed by atoms with Crippen molar-refractivity contribution in [2.75, 3.05) is 6.61 Å². The summed E-state index contributed by atoms with van der Waals surface area (Å²) >= 11 is 1.53. The molecule has 0 bridgehead atoms. The number of ether oxygens (including phenoxy) is 1. The van der Waals surface area contributed by atoms with Crippen molar-refractivity contribution in [1.82, 2.24) is 9.55 Å². The minimum Gasteiger partial charge on any atom is -0.485 e. The average molecular weight is 354 g/mol. The lowest BCUT2D eigenvalue weighted by atomic mass is 10.1. The Morgan fingerprint density at radius 1 is 1.20 bits per heavy atom. The lowest BCUT2D eigenvalue weighted by molar-refractivity contribution is 0.0920. The summed E-state index contributed by atoms with van der Waals surface area (Å²) in [5, 5.41) is 2.75. The molecule has 3 rings (SSSR count). The highest BCUT2D eigenvalue weighted by Gasteiger charge is 2.18. The lowest BCUT2D eigenvalue weighted by Crippen LogP contribution is -2.12. The first-order chi connectivity index (χ1) is 12.0. The summed E-state index contributed by atoms with van der Waals surface area (Å²) in [7, 11) is 0. The molecule has 0 aliphatic carbocycles. The maximum Gasteiger partial charge on any atom is 0.202 e. The molecule has 0 amide bonds. The van der Waals surface area contributed by atoms with E-state index >= 15 is 0 Å². The van der Waals surface area contributed by atoms with E-state index in [1.54, 1.807) is 30.5 Å². The van der Waals surface area contributed by atoms with Gasteiger partial charge in [0.25, 0.3) is 0 Å². The Labute approximate surface area is 149 Å². The molecule has 0 aliphatic heterocycles. The molecule has 0 radical (unpaired) electrons. The highest BCUT2D eigenvalue weighted by atomic mass is 32.1. The molecule has 0 aliphatic rings. The van der Waals surface area contributed by atoms with Gasteiger partial charge in [0.2, 0.25) is 5.78 Å². The molecule has 0 N–H and O–H groups in total. The molecule has 5 nitrogen and oxygen atoms in total. The van der Waals surface area contributed by atoms with Gasteiger partial charge in [-0.25, -0.2) is 4.98 Å². The second-order valence-corrected chi connectivity index (χ2v) is 6.60. The van der Waals surface area contributed by atoms with Crippen LogP contribution in [0.5, 0.6) is 5.75 Å². The smallest absolute Gasteiger partial charge is 0.202 e. The van der Waals surface area contributed by atoms with Crippen molar-refractivity contribution < 1.29 is 14.3 Å². The number of rotatable bonds is 6. The maximum absolute atomic E-state index is 12.5. The van der Waals surface area contributed by atoms with Gasteiger partial charge in [-0.2, -0.15) is 0 Å². The fourth-order valence-corrected chi connectivity index (χ4v) is 3.43. The number of Topliss-reactive ketones (excluding diaryl/α,β-unsaturated/α-hetero) is 2. The van der Waals surface area contributed by atoms with Crippen molar-refractivity contribution in [3.8, 4) is 10.9 Å². The largest absolute Gasteiger partial charge is 0.485 e. The highest BCUT2D eigenvalue weighted by molar-refractivity contribution is 7.12. The summed E-state index contributed by atoms with van der Waals surface area (Å²) in [5.41, 5.74) is 3.06. The molecule has 2 aromatic heterocycles. The number of aromatic nitrogens is 2. The van der Waals surface area contributed by atoms with Crippen LogP contribution in [-0.4, -0.2) is 27.7 Å². The van der Waals surface area contributed by atoms with Gasteiger partial charge in [-0.05, 0) is 51.1 Å². The van der Waals surface area contributed by atoms with E-state index in [0.717, 1.165) is 16.5 Å². The van der Waals surface area contributed by atoms with Crippen LogP contribution in [-0.2, 0) is 0 Å². The number of benzene rings is 1. The molecule has 0 atom stereocenters. The second-order valence-electron chi connectivity index (χ2n) is 5.73. The first-order valence-electron chi connectivity index (χ1n) is 7.83. The van der Waals surface area contributed by atoms with Crippen LogP contribution < -0.4 is 4.74 Å². The van der Waals surface area contributed by atoms with E-state index in [1.165, 1.54) is 18.3 Å². The summed E-state index contributed by atoms with van der Waals surface area (Å²) in [4.78, 5) is 28.1. The number of carbonyl (C=O) groups is 2. The van der Waals surface area contributed by atoms with Gasteiger partial charge in [0.05, 0.1) is 0 Å². The zero-order chi connectivity index (χ0) is 18.0. The number of hydrogen-bond donors (Lipinski definition) is 0. The van der Waals surface area contributed by atoms with Gasteiger partial charge in [0, 0.05) is 34.1 Å². The van der Waals surface area contributed by atoms with Crippen molar-refractivity contribution in [3.05, 3.63) is 64.4 Å². The number of aryl methyl sites for hydroxylation is 1. The zero-order valence-corrected chi connectivity index (χ0v) is 15.1. The summed E-state index contributed by atoms with van der Waals surface area (Å²) < 4.78 is 7.54. The number of ketones is 2. The van der Waals surface area contributed by atoms with Crippen LogP contribution >= 0.6 is 11.3 Å². The van der Waals surface area contributed by atoms with Crippen molar-refractivity contribution in [3.63, 3.8) is 0 Å². The van der Waals surface area contributed by atoms with E-state index in [9.17, 15) is 9.59 Å². The van der Waals surface area contributed by atoms with Gasteiger partial charge in [-0.3, -0.25) is 14.2 Å². The molecule has 25 heavy (non-hydrogen) atoms. The quantitative estimate of drug-likeness (QED) is 0.628. The van der Waals surface area contributed by atoms with E-state index in [4.69, 9.17) is 4.74 Å². The van der Waals surface area contributed by atoms with E-state index in [1.807, 2.05) is 29.9 Å². The normalized spacial score (nSPS) is 10.7. The van der Waals surface area contributed by atoms with Crippen molar-refractivity contribution in [2.45, 2.75) is 20.8 Å². The first-order valence-corrected chi connectivity index (χ1v) is 8.71. The Kier molecular flexibility index (Phi) is 4.81. The Bertz CT molecular complexity index is 909. The third kappa shape index (κ3) is 3.53. The third-order valence-corrected chi connectivity index (χ3v) is 4.73. The predicted octanol–water partition coefficient (Wildman–Crippen LogP) is 4.01. The fraction of sp³-hybridized carbons (Fsp3) is 0.211. The van der Waals surface area contributed by atoms with Crippen LogP contribution in [0.1, 0.15) is 39.0 Å². The minimum absolute atomic E-state index is 0.00254. The third-order valence-electron chi connectivity index (χ3n) is 3.97. The minimum atomic E-state index is -0.0912.